The van der Waals surface area contributed by atoms with E-state index >= 15 is 0 Å². The summed E-state index contributed by atoms with van der Waals surface area (Å²) >= 11 is 0. The molecule has 0 bridgehead atoms. The maximum absolute atomic E-state index is 13.1. The Kier molecular flexibility index (Phi) is 13.4. The van der Waals surface area contributed by atoms with Crippen LogP contribution >= 0.6 is 0 Å². The molecular formula is C27H46O4S. The molecule has 1 atom stereocenters. The van der Waals surface area contributed by atoms with Gasteiger partial charge in [-0.1, -0.05) is 77.6 Å². The summed E-state index contributed by atoms with van der Waals surface area (Å²) in [5.74, 6) is 0. The molecule has 0 radical (unpaired) electrons. The first kappa shape index (κ1) is 28.8. The van der Waals surface area contributed by atoms with Crippen LogP contribution in [0.15, 0.2) is 4.90 Å². The van der Waals surface area contributed by atoms with Gasteiger partial charge in [0.15, 0.2) is 0 Å². The fourth-order valence-corrected chi connectivity index (χ4v) is 6.10. The number of benzene rings is 1. The molecule has 0 fully saturated rings. The van der Waals surface area contributed by atoms with Gasteiger partial charge >= 0.3 is 0 Å². The molecule has 1 aromatic carbocycles. The Bertz CT molecular complexity index is 782. The molecular weight excluding hydrogens is 420 g/mol. The molecule has 0 heterocycles. The zero-order valence-electron chi connectivity index (χ0n) is 21.4. The number of hydrogen-bond donors (Lipinski definition) is 0. The predicted octanol–water partition coefficient (Wildman–Crippen LogP) is 7.59. The number of carbonyl (C=O) groups is 1. The highest BCUT2D eigenvalue weighted by molar-refractivity contribution is 7.86. The van der Waals surface area contributed by atoms with Crippen LogP contribution in [0.5, 0.6) is 0 Å². The van der Waals surface area contributed by atoms with Crippen LogP contribution in [0.4, 0.5) is 0 Å². The number of aldehydes is 1. The van der Waals surface area contributed by atoms with Crippen molar-refractivity contribution in [1.29, 1.82) is 0 Å². The smallest absolute Gasteiger partial charge is 0.297 e. The zero-order valence-corrected chi connectivity index (χ0v) is 22.2. The number of carbonyl (C=O) groups excluding carboxylic acids is 1. The minimum absolute atomic E-state index is 0.110. The van der Waals surface area contributed by atoms with Crippen molar-refractivity contribution in [1.82, 2.24) is 0 Å². The molecule has 0 saturated carbocycles. The highest BCUT2D eigenvalue weighted by Crippen LogP contribution is 2.31. The maximum Gasteiger partial charge on any atom is 0.297 e. The van der Waals surface area contributed by atoms with Gasteiger partial charge in [0.05, 0.1) is 6.10 Å². The number of hydrogen-bond acceptors (Lipinski definition) is 4. The van der Waals surface area contributed by atoms with Gasteiger partial charge in [-0.15, -0.1) is 0 Å². The summed E-state index contributed by atoms with van der Waals surface area (Å²) < 4.78 is 31.9. The Balaban J connectivity index is 2.56. The second-order valence-electron chi connectivity index (χ2n) is 9.35. The van der Waals surface area contributed by atoms with Crippen LogP contribution in [0.25, 0.3) is 0 Å². The molecule has 0 N–H and O–H groups in total. The highest BCUT2D eigenvalue weighted by atomic mass is 32.2. The van der Waals surface area contributed by atoms with Gasteiger partial charge in [0.1, 0.15) is 11.2 Å². The van der Waals surface area contributed by atoms with Gasteiger partial charge in [-0.2, -0.15) is 8.42 Å². The van der Waals surface area contributed by atoms with E-state index in [9.17, 15) is 13.2 Å². The van der Waals surface area contributed by atoms with Crippen molar-refractivity contribution < 1.29 is 17.4 Å². The number of unbranched alkanes of at least 4 members (excludes halogenated alkanes) is 10. The van der Waals surface area contributed by atoms with E-state index in [1.165, 1.54) is 51.4 Å². The van der Waals surface area contributed by atoms with Crippen LogP contribution in [-0.2, 0) is 19.1 Å². The van der Waals surface area contributed by atoms with Gasteiger partial charge in [-0.25, -0.2) is 0 Å². The van der Waals surface area contributed by atoms with Crippen LogP contribution in [0, 0.1) is 34.6 Å². The standard InChI is InChI=1S/C27H46O4S/c1-7-8-9-10-11-12-13-14-15-16-17-18-26(19-20-28)31-32(29,30)27-24(5)22(3)21(2)23(4)25(27)6/h20,26H,7-19H2,1-6H3. The minimum atomic E-state index is -3.93. The van der Waals surface area contributed by atoms with E-state index in [1.807, 2.05) is 34.6 Å². The lowest BCUT2D eigenvalue weighted by Crippen LogP contribution is -2.21. The van der Waals surface area contributed by atoms with Crippen LogP contribution in [-0.4, -0.2) is 20.8 Å². The van der Waals surface area contributed by atoms with Crippen molar-refractivity contribution in [2.45, 2.75) is 136 Å². The van der Waals surface area contributed by atoms with E-state index < -0.39 is 16.2 Å². The van der Waals surface area contributed by atoms with E-state index in [1.54, 1.807) is 0 Å². The van der Waals surface area contributed by atoms with Crippen molar-refractivity contribution >= 4 is 16.4 Å². The Labute approximate surface area is 197 Å². The van der Waals surface area contributed by atoms with Crippen LogP contribution in [0.3, 0.4) is 0 Å². The van der Waals surface area contributed by atoms with Crippen molar-refractivity contribution in [3.63, 3.8) is 0 Å². The third-order valence-electron chi connectivity index (χ3n) is 6.93. The molecule has 1 rings (SSSR count). The average Bonchev–Trinajstić information content (AvgIpc) is 2.74. The second-order valence-corrected chi connectivity index (χ2v) is 10.9. The van der Waals surface area contributed by atoms with Crippen molar-refractivity contribution in [2.24, 2.45) is 0 Å². The summed E-state index contributed by atoms with van der Waals surface area (Å²) in [7, 11) is -3.93. The van der Waals surface area contributed by atoms with E-state index in [2.05, 4.69) is 6.92 Å². The van der Waals surface area contributed by atoms with Crippen molar-refractivity contribution in [3.8, 4) is 0 Å². The minimum Gasteiger partial charge on any atom is -0.303 e. The van der Waals surface area contributed by atoms with Crippen LogP contribution in [0.2, 0.25) is 0 Å². The summed E-state index contributed by atoms with van der Waals surface area (Å²) in [4.78, 5) is 11.4. The molecule has 0 spiro atoms. The van der Waals surface area contributed by atoms with E-state index in [0.717, 1.165) is 53.4 Å². The Morgan fingerprint density at radius 2 is 1.09 bits per heavy atom. The van der Waals surface area contributed by atoms with Crippen molar-refractivity contribution in [2.75, 3.05) is 0 Å². The van der Waals surface area contributed by atoms with Gasteiger partial charge in [-0.05, 0) is 68.9 Å². The maximum atomic E-state index is 13.1. The third kappa shape index (κ3) is 8.97. The fraction of sp³-hybridized carbons (Fsp3) is 0.741. The predicted molar refractivity (Wildman–Crippen MR) is 134 cm³/mol. The molecule has 1 aromatic rings. The van der Waals surface area contributed by atoms with E-state index in [0.29, 0.717) is 6.42 Å². The van der Waals surface area contributed by atoms with Crippen LogP contribution < -0.4 is 0 Å². The topological polar surface area (TPSA) is 60.4 Å². The zero-order chi connectivity index (χ0) is 24.1. The van der Waals surface area contributed by atoms with Crippen molar-refractivity contribution in [3.05, 3.63) is 27.8 Å². The molecule has 4 nitrogen and oxygen atoms in total. The summed E-state index contributed by atoms with van der Waals surface area (Å²) in [5, 5.41) is 0. The molecule has 32 heavy (non-hydrogen) atoms. The fourth-order valence-electron chi connectivity index (χ4n) is 4.42. The average molecular weight is 467 g/mol. The van der Waals surface area contributed by atoms with E-state index in [-0.39, 0.29) is 11.3 Å². The monoisotopic (exact) mass is 466 g/mol. The second kappa shape index (κ2) is 14.8. The SMILES string of the molecule is CCCCCCCCCCCCCC(CC=O)OS(=O)(=O)c1c(C)c(C)c(C)c(C)c1C. The molecule has 0 amide bonds. The molecule has 0 aliphatic carbocycles. The molecule has 0 saturated heterocycles. The largest absolute Gasteiger partial charge is 0.303 e. The lowest BCUT2D eigenvalue weighted by Gasteiger charge is -2.21. The van der Waals surface area contributed by atoms with Gasteiger partial charge < -0.3 is 4.79 Å². The molecule has 0 aliphatic heterocycles. The van der Waals surface area contributed by atoms with Gasteiger partial charge in [0.2, 0.25) is 0 Å². The summed E-state index contributed by atoms with van der Waals surface area (Å²) in [6.45, 7) is 11.8. The number of rotatable bonds is 17. The first-order valence-electron chi connectivity index (χ1n) is 12.6. The lowest BCUT2D eigenvalue weighted by molar-refractivity contribution is -0.109. The molecule has 0 aromatic heterocycles. The molecule has 5 heteroatoms. The summed E-state index contributed by atoms with van der Waals surface area (Å²) in [5.41, 5.74) is 4.56. The van der Waals surface area contributed by atoms with Crippen LogP contribution in [0.1, 0.15) is 118 Å². The Morgan fingerprint density at radius 3 is 1.53 bits per heavy atom. The summed E-state index contributed by atoms with van der Waals surface area (Å²) in [6, 6.07) is 0. The van der Waals surface area contributed by atoms with E-state index in [4.69, 9.17) is 4.18 Å². The Hall–Kier alpha value is -1.20. The first-order valence-corrected chi connectivity index (χ1v) is 14.0. The highest BCUT2D eigenvalue weighted by Gasteiger charge is 2.27. The third-order valence-corrected chi connectivity index (χ3v) is 8.57. The van der Waals surface area contributed by atoms with Gasteiger partial charge in [-0.3, -0.25) is 4.18 Å². The molecule has 184 valence electrons. The summed E-state index contributed by atoms with van der Waals surface area (Å²) in [6.07, 6.45) is 14.5. The molecule has 1 unspecified atom stereocenters. The van der Waals surface area contributed by atoms with Gasteiger partial charge in [0, 0.05) is 6.42 Å². The molecule has 0 aliphatic rings. The quantitative estimate of drug-likeness (QED) is 0.135. The lowest BCUT2D eigenvalue weighted by atomic mass is 9.95. The Morgan fingerprint density at radius 1 is 0.688 bits per heavy atom. The van der Waals surface area contributed by atoms with Gasteiger partial charge in [0.25, 0.3) is 10.1 Å². The first-order chi connectivity index (χ1) is 15.2. The normalized spacial score (nSPS) is 12.8.